The third kappa shape index (κ3) is 1.58. The Labute approximate surface area is 92.8 Å². The van der Waals surface area contributed by atoms with Crippen LogP contribution in [-0.2, 0) is 0 Å². The molecule has 2 heterocycles. The Hall–Kier alpha value is -2.10. The van der Waals surface area contributed by atoms with E-state index < -0.39 is 0 Å². The van der Waals surface area contributed by atoms with Crippen molar-refractivity contribution >= 4 is 0 Å². The van der Waals surface area contributed by atoms with E-state index in [1.165, 1.54) is 4.57 Å². The summed E-state index contributed by atoms with van der Waals surface area (Å²) in [5.74, 6) is 0.309. The molecule has 0 amide bonds. The summed E-state index contributed by atoms with van der Waals surface area (Å²) in [6.07, 6.45) is 3.16. The lowest BCUT2D eigenvalue weighted by Crippen LogP contribution is -2.20. The average Bonchev–Trinajstić information content (AvgIpc) is 2.27. The van der Waals surface area contributed by atoms with Crippen LogP contribution < -0.4 is 5.56 Å². The normalized spacial score (nSPS) is 10.4. The van der Waals surface area contributed by atoms with Gasteiger partial charge in [0.2, 0.25) is 0 Å². The topological polar surface area (TPSA) is 55.1 Å². The molecular formula is C12H12N2O2. The second-order valence-corrected chi connectivity index (χ2v) is 3.67. The predicted molar refractivity (Wildman–Crippen MR) is 61.0 cm³/mol. The molecule has 16 heavy (non-hydrogen) atoms. The lowest BCUT2D eigenvalue weighted by atomic mass is 10.2. The van der Waals surface area contributed by atoms with Crippen LogP contribution in [0.1, 0.15) is 11.1 Å². The Morgan fingerprint density at radius 1 is 1.25 bits per heavy atom. The van der Waals surface area contributed by atoms with Gasteiger partial charge in [0.05, 0.1) is 0 Å². The Morgan fingerprint density at radius 3 is 2.75 bits per heavy atom. The summed E-state index contributed by atoms with van der Waals surface area (Å²) < 4.78 is 1.34. The molecule has 0 aliphatic carbocycles. The number of nitrogens with zero attached hydrogens (tertiary/aromatic N) is 2. The molecule has 4 nitrogen and oxygen atoms in total. The van der Waals surface area contributed by atoms with E-state index in [4.69, 9.17) is 0 Å². The maximum Gasteiger partial charge on any atom is 0.259 e. The van der Waals surface area contributed by atoms with E-state index in [0.717, 1.165) is 0 Å². The second-order valence-electron chi connectivity index (χ2n) is 3.67. The van der Waals surface area contributed by atoms with Gasteiger partial charge < -0.3 is 5.11 Å². The Kier molecular flexibility index (Phi) is 2.48. The molecular weight excluding hydrogens is 204 g/mol. The van der Waals surface area contributed by atoms with Gasteiger partial charge in [-0.15, -0.1) is 0 Å². The number of aromatic nitrogens is 2. The van der Waals surface area contributed by atoms with E-state index in [0.29, 0.717) is 11.1 Å². The molecule has 0 atom stereocenters. The molecule has 0 fully saturated rings. The van der Waals surface area contributed by atoms with Crippen LogP contribution >= 0.6 is 0 Å². The van der Waals surface area contributed by atoms with E-state index in [-0.39, 0.29) is 17.1 Å². The van der Waals surface area contributed by atoms with Crippen LogP contribution in [0, 0.1) is 13.8 Å². The molecule has 4 heteroatoms. The van der Waals surface area contributed by atoms with Crippen LogP contribution in [0.4, 0.5) is 0 Å². The number of pyridine rings is 2. The zero-order chi connectivity index (χ0) is 11.7. The first kappa shape index (κ1) is 10.4. The third-order valence-electron chi connectivity index (χ3n) is 2.47. The van der Waals surface area contributed by atoms with Crippen LogP contribution in [0.15, 0.2) is 35.4 Å². The van der Waals surface area contributed by atoms with Gasteiger partial charge in [-0.05, 0) is 31.5 Å². The fourth-order valence-corrected chi connectivity index (χ4v) is 1.48. The van der Waals surface area contributed by atoms with Gasteiger partial charge in [-0.25, -0.2) is 4.98 Å². The first-order valence-electron chi connectivity index (χ1n) is 4.94. The highest BCUT2D eigenvalue weighted by Gasteiger charge is 2.09. The van der Waals surface area contributed by atoms with E-state index in [2.05, 4.69) is 4.98 Å². The van der Waals surface area contributed by atoms with E-state index in [1.54, 1.807) is 44.4 Å². The maximum atomic E-state index is 11.8. The second kappa shape index (κ2) is 3.81. The van der Waals surface area contributed by atoms with Crippen LogP contribution in [0.25, 0.3) is 5.82 Å². The zero-order valence-electron chi connectivity index (χ0n) is 9.14. The SMILES string of the molecule is Cc1ccnc(-n2cccc(C)c2=O)c1O. The van der Waals surface area contributed by atoms with Crippen molar-refractivity contribution in [3.05, 3.63) is 52.1 Å². The largest absolute Gasteiger partial charge is 0.504 e. The standard InChI is InChI=1S/C12H12N2O2/c1-8-5-6-13-11(10(8)15)14-7-3-4-9(2)12(14)16/h3-7,15H,1-2H3. The highest BCUT2D eigenvalue weighted by molar-refractivity contribution is 5.44. The van der Waals surface area contributed by atoms with Crippen molar-refractivity contribution in [3.63, 3.8) is 0 Å². The monoisotopic (exact) mass is 216 g/mol. The lowest BCUT2D eigenvalue weighted by molar-refractivity contribution is 0.464. The quantitative estimate of drug-likeness (QED) is 0.787. The molecule has 0 unspecified atom stereocenters. The lowest BCUT2D eigenvalue weighted by Gasteiger charge is -2.08. The highest BCUT2D eigenvalue weighted by Crippen LogP contribution is 2.21. The van der Waals surface area contributed by atoms with Crippen LogP contribution in [0.5, 0.6) is 5.75 Å². The first-order valence-corrected chi connectivity index (χ1v) is 4.94. The van der Waals surface area contributed by atoms with Crippen molar-refractivity contribution < 1.29 is 5.11 Å². The van der Waals surface area contributed by atoms with Crippen molar-refractivity contribution in [2.75, 3.05) is 0 Å². The summed E-state index contributed by atoms with van der Waals surface area (Å²) >= 11 is 0. The number of aromatic hydroxyl groups is 1. The van der Waals surface area contributed by atoms with Crippen LogP contribution in [-0.4, -0.2) is 14.7 Å². The number of aryl methyl sites for hydroxylation is 2. The summed E-state index contributed by atoms with van der Waals surface area (Å²) in [4.78, 5) is 15.9. The van der Waals surface area contributed by atoms with E-state index in [1.807, 2.05) is 0 Å². The molecule has 0 aromatic carbocycles. The minimum absolute atomic E-state index is 0.0372. The van der Waals surface area contributed by atoms with Crippen molar-refractivity contribution in [1.29, 1.82) is 0 Å². The van der Waals surface area contributed by atoms with Gasteiger partial charge in [0.15, 0.2) is 11.6 Å². The van der Waals surface area contributed by atoms with Gasteiger partial charge >= 0.3 is 0 Å². The van der Waals surface area contributed by atoms with Gasteiger partial charge in [-0.3, -0.25) is 9.36 Å². The minimum atomic E-state index is -0.170. The summed E-state index contributed by atoms with van der Waals surface area (Å²) in [7, 11) is 0. The molecule has 2 aromatic rings. The Morgan fingerprint density at radius 2 is 2.00 bits per heavy atom. The molecule has 2 aromatic heterocycles. The first-order chi connectivity index (χ1) is 7.61. The van der Waals surface area contributed by atoms with Crippen molar-refractivity contribution in [2.45, 2.75) is 13.8 Å². The zero-order valence-corrected chi connectivity index (χ0v) is 9.14. The molecule has 0 saturated heterocycles. The van der Waals surface area contributed by atoms with Gasteiger partial charge in [-0.1, -0.05) is 6.07 Å². The summed E-state index contributed by atoms with van der Waals surface area (Å²) in [5.41, 5.74) is 1.14. The maximum absolute atomic E-state index is 11.8. The Balaban J connectivity index is 2.73. The van der Waals surface area contributed by atoms with Crippen molar-refractivity contribution in [1.82, 2.24) is 9.55 Å². The van der Waals surface area contributed by atoms with Gasteiger partial charge in [-0.2, -0.15) is 0 Å². The van der Waals surface area contributed by atoms with Gasteiger partial charge in [0, 0.05) is 18.0 Å². The number of hydrogen-bond donors (Lipinski definition) is 1. The summed E-state index contributed by atoms with van der Waals surface area (Å²) in [5, 5.41) is 9.84. The molecule has 0 spiro atoms. The third-order valence-corrected chi connectivity index (χ3v) is 2.47. The van der Waals surface area contributed by atoms with E-state index >= 15 is 0 Å². The fraction of sp³-hybridized carbons (Fsp3) is 0.167. The highest BCUT2D eigenvalue weighted by atomic mass is 16.3. The van der Waals surface area contributed by atoms with Crippen LogP contribution in [0.2, 0.25) is 0 Å². The average molecular weight is 216 g/mol. The number of rotatable bonds is 1. The minimum Gasteiger partial charge on any atom is -0.504 e. The molecule has 0 aliphatic heterocycles. The molecule has 0 saturated carbocycles. The molecule has 82 valence electrons. The number of hydrogen-bond acceptors (Lipinski definition) is 3. The summed E-state index contributed by atoms with van der Waals surface area (Å²) in [6.45, 7) is 3.49. The van der Waals surface area contributed by atoms with Crippen molar-refractivity contribution in [3.8, 4) is 11.6 Å². The molecule has 0 bridgehead atoms. The molecule has 0 aliphatic rings. The van der Waals surface area contributed by atoms with E-state index in [9.17, 15) is 9.90 Å². The van der Waals surface area contributed by atoms with Gasteiger partial charge in [0.25, 0.3) is 5.56 Å². The fourth-order valence-electron chi connectivity index (χ4n) is 1.48. The Bertz CT molecular complexity index is 588. The predicted octanol–water partition coefficient (Wildman–Crippen LogP) is 1.55. The van der Waals surface area contributed by atoms with Crippen LogP contribution in [0.3, 0.4) is 0 Å². The smallest absolute Gasteiger partial charge is 0.259 e. The summed E-state index contributed by atoms with van der Waals surface area (Å²) in [6, 6.07) is 5.17. The molecule has 0 radical (unpaired) electrons. The van der Waals surface area contributed by atoms with Gasteiger partial charge in [0.1, 0.15) is 0 Å². The molecule has 1 N–H and O–H groups in total. The van der Waals surface area contributed by atoms with Crippen molar-refractivity contribution in [2.24, 2.45) is 0 Å². The molecule has 2 rings (SSSR count).